The quantitative estimate of drug-likeness (QED) is 0.789. The maximum Gasteiger partial charge on any atom is 0.416 e. The number of halogens is 3. The lowest BCUT2D eigenvalue weighted by Gasteiger charge is -2.13. The summed E-state index contributed by atoms with van der Waals surface area (Å²) in [6.07, 6.45) is -4.35. The second-order valence-corrected chi connectivity index (χ2v) is 4.26. The third-order valence-electron chi connectivity index (χ3n) is 2.74. The largest absolute Gasteiger partial charge is 0.489 e. The van der Waals surface area contributed by atoms with E-state index in [-0.39, 0.29) is 12.2 Å². The first kappa shape index (κ1) is 13.5. The summed E-state index contributed by atoms with van der Waals surface area (Å²) in [5.41, 5.74) is 0.556. The Kier molecular flexibility index (Phi) is 3.79. The van der Waals surface area contributed by atoms with Crippen molar-refractivity contribution in [1.82, 2.24) is 0 Å². The van der Waals surface area contributed by atoms with E-state index in [4.69, 9.17) is 4.74 Å². The topological polar surface area (TPSA) is 9.23 Å². The van der Waals surface area contributed by atoms with Crippen molar-refractivity contribution in [1.29, 1.82) is 0 Å². The number of ether oxygens (including phenoxy) is 1. The van der Waals surface area contributed by atoms with Crippen molar-refractivity contribution in [2.45, 2.75) is 19.7 Å². The average Bonchev–Trinajstić information content (AvgIpc) is 2.37. The predicted molar refractivity (Wildman–Crippen MR) is 67.0 cm³/mol. The van der Waals surface area contributed by atoms with E-state index in [1.807, 2.05) is 19.1 Å². The van der Waals surface area contributed by atoms with Crippen LogP contribution in [0.15, 0.2) is 48.5 Å². The third kappa shape index (κ3) is 3.50. The van der Waals surface area contributed by atoms with Crippen LogP contribution in [-0.4, -0.2) is 0 Å². The summed E-state index contributed by atoms with van der Waals surface area (Å²) < 4.78 is 43.7. The molecule has 0 aliphatic heterocycles. The Balaban J connectivity index is 2.14. The van der Waals surface area contributed by atoms with E-state index in [9.17, 15) is 13.2 Å². The molecule has 0 N–H and O–H groups in total. The number of benzene rings is 2. The van der Waals surface area contributed by atoms with Gasteiger partial charge in [0.1, 0.15) is 12.4 Å². The maximum atomic E-state index is 12.8. The van der Waals surface area contributed by atoms with Crippen LogP contribution in [0.25, 0.3) is 0 Å². The van der Waals surface area contributed by atoms with Gasteiger partial charge >= 0.3 is 6.18 Å². The van der Waals surface area contributed by atoms with Gasteiger partial charge in [-0.15, -0.1) is 0 Å². The molecule has 0 aliphatic carbocycles. The Morgan fingerprint density at radius 2 is 1.58 bits per heavy atom. The lowest BCUT2D eigenvalue weighted by molar-refractivity contribution is -0.138. The van der Waals surface area contributed by atoms with E-state index in [1.165, 1.54) is 12.1 Å². The molecule has 100 valence electrons. The molecule has 0 amide bonds. The summed E-state index contributed by atoms with van der Waals surface area (Å²) in [6.45, 7) is 1.83. The van der Waals surface area contributed by atoms with Crippen LogP contribution >= 0.6 is 0 Å². The van der Waals surface area contributed by atoms with Gasteiger partial charge in [-0.2, -0.15) is 13.2 Å². The van der Waals surface area contributed by atoms with Crippen molar-refractivity contribution in [2.75, 3.05) is 0 Å². The molecule has 1 nitrogen and oxygen atoms in total. The number of rotatable bonds is 3. The Morgan fingerprint density at radius 1 is 0.947 bits per heavy atom. The van der Waals surface area contributed by atoms with Crippen molar-refractivity contribution >= 4 is 0 Å². The molecular weight excluding hydrogens is 253 g/mol. The highest BCUT2D eigenvalue weighted by Crippen LogP contribution is 2.32. The SMILES string of the molecule is Cc1ccc(OCc2ccccc2C(F)(F)F)cc1. The molecule has 2 rings (SSSR count). The summed E-state index contributed by atoms with van der Waals surface area (Å²) in [6, 6.07) is 12.6. The van der Waals surface area contributed by atoms with Crippen molar-refractivity contribution in [3.05, 3.63) is 65.2 Å². The van der Waals surface area contributed by atoms with Gasteiger partial charge in [-0.1, -0.05) is 35.9 Å². The van der Waals surface area contributed by atoms with Crippen LogP contribution in [-0.2, 0) is 12.8 Å². The van der Waals surface area contributed by atoms with Gasteiger partial charge in [-0.05, 0) is 25.1 Å². The Bertz CT molecular complexity index is 544. The molecule has 0 aliphatic rings. The summed E-state index contributed by atoms with van der Waals surface area (Å²) in [5, 5.41) is 0. The van der Waals surface area contributed by atoms with Crippen LogP contribution < -0.4 is 4.74 Å². The first-order chi connectivity index (χ1) is 8.97. The zero-order valence-corrected chi connectivity index (χ0v) is 10.4. The molecule has 0 saturated carbocycles. The molecule has 0 bridgehead atoms. The minimum absolute atomic E-state index is 0.0985. The van der Waals surface area contributed by atoms with Crippen molar-refractivity contribution < 1.29 is 17.9 Å². The van der Waals surface area contributed by atoms with Crippen LogP contribution in [0, 0.1) is 6.92 Å². The summed E-state index contributed by atoms with van der Waals surface area (Å²) in [4.78, 5) is 0. The zero-order valence-electron chi connectivity index (χ0n) is 10.4. The monoisotopic (exact) mass is 266 g/mol. The van der Waals surface area contributed by atoms with Crippen molar-refractivity contribution in [2.24, 2.45) is 0 Å². The average molecular weight is 266 g/mol. The van der Waals surface area contributed by atoms with Gasteiger partial charge in [0.15, 0.2) is 0 Å². The Hall–Kier alpha value is -1.97. The van der Waals surface area contributed by atoms with E-state index in [2.05, 4.69) is 0 Å². The van der Waals surface area contributed by atoms with Crippen LogP contribution in [0.1, 0.15) is 16.7 Å². The van der Waals surface area contributed by atoms with Gasteiger partial charge in [-0.3, -0.25) is 0 Å². The minimum atomic E-state index is -4.35. The minimum Gasteiger partial charge on any atom is -0.489 e. The van der Waals surface area contributed by atoms with E-state index >= 15 is 0 Å². The van der Waals surface area contributed by atoms with Crippen LogP contribution in [0.5, 0.6) is 5.75 Å². The summed E-state index contributed by atoms with van der Waals surface area (Å²) >= 11 is 0. The number of hydrogen-bond acceptors (Lipinski definition) is 1. The molecule has 0 heterocycles. The molecule has 0 saturated heterocycles. The summed E-state index contributed by atoms with van der Waals surface area (Å²) in [5.74, 6) is 0.558. The maximum absolute atomic E-state index is 12.8. The van der Waals surface area contributed by atoms with Gasteiger partial charge < -0.3 is 4.74 Å². The van der Waals surface area contributed by atoms with E-state index in [0.717, 1.165) is 11.6 Å². The molecule has 0 radical (unpaired) electrons. The number of alkyl halides is 3. The molecule has 19 heavy (non-hydrogen) atoms. The number of aryl methyl sites for hydroxylation is 1. The lowest BCUT2D eigenvalue weighted by atomic mass is 10.1. The van der Waals surface area contributed by atoms with Gasteiger partial charge in [0.05, 0.1) is 5.56 Å². The van der Waals surface area contributed by atoms with E-state index in [0.29, 0.717) is 5.75 Å². The highest BCUT2D eigenvalue weighted by molar-refractivity contribution is 5.31. The fourth-order valence-electron chi connectivity index (χ4n) is 1.72. The van der Waals surface area contributed by atoms with Gasteiger partial charge in [0, 0.05) is 5.56 Å². The van der Waals surface area contributed by atoms with Crippen molar-refractivity contribution in [3.8, 4) is 5.75 Å². The normalized spacial score (nSPS) is 11.4. The van der Waals surface area contributed by atoms with E-state index in [1.54, 1.807) is 18.2 Å². The number of hydrogen-bond donors (Lipinski definition) is 0. The highest BCUT2D eigenvalue weighted by Gasteiger charge is 2.32. The molecule has 0 unspecified atom stereocenters. The fraction of sp³-hybridized carbons (Fsp3) is 0.200. The highest BCUT2D eigenvalue weighted by atomic mass is 19.4. The first-order valence-corrected chi connectivity index (χ1v) is 5.81. The van der Waals surface area contributed by atoms with E-state index < -0.39 is 11.7 Å². The first-order valence-electron chi connectivity index (χ1n) is 5.81. The standard InChI is InChI=1S/C15H13F3O/c1-11-6-8-13(9-7-11)19-10-12-4-2-3-5-14(12)15(16,17)18/h2-9H,10H2,1H3. The van der Waals surface area contributed by atoms with Crippen LogP contribution in [0.4, 0.5) is 13.2 Å². The fourth-order valence-corrected chi connectivity index (χ4v) is 1.72. The predicted octanol–water partition coefficient (Wildman–Crippen LogP) is 4.59. The Labute approximate surface area is 109 Å². The molecule has 2 aromatic rings. The lowest BCUT2D eigenvalue weighted by Crippen LogP contribution is -2.10. The van der Waals surface area contributed by atoms with Crippen molar-refractivity contribution in [3.63, 3.8) is 0 Å². The molecule has 0 atom stereocenters. The molecule has 0 fully saturated rings. The second kappa shape index (κ2) is 5.34. The molecule has 0 spiro atoms. The Morgan fingerprint density at radius 3 is 2.21 bits per heavy atom. The molecule has 0 aromatic heterocycles. The van der Waals surface area contributed by atoms with Crippen LogP contribution in [0.3, 0.4) is 0 Å². The zero-order chi connectivity index (χ0) is 13.9. The van der Waals surface area contributed by atoms with Gasteiger partial charge in [0.25, 0.3) is 0 Å². The third-order valence-corrected chi connectivity index (χ3v) is 2.74. The smallest absolute Gasteiger partial charge is 0.416 e. The second-order valence-electron chi connectivity index (χ2n) is 4.26. The van der Waals surface area contributed by atoms with Gasteiger partial charge in [0.2, 0.25) is 0 Å². The molecule has 4 heteroatoms. The molecular formula is C15H13F3O. The van der Waals surface area contributed by atoms with Gasteiger partial charge in [-0.25, -0.2) is 0 Å². The van der Waals surface area contributed by atoms with Crippen LogP contribution in [0.2, 0.25) is 0 Å². The summed E-state index contributed by atoms with van der Waals surface area (Å²) in [7, 11) is 0. The molecule has 2 aromatic carbocycles.